The van der Waals surface area contributed by atoms with Crippen LogP contribution in [0.2, 0.25) is 5.02 Å². The topological polar surface area (TPSA) is 65.3 Å². The minimum Gasteiger partial charge on any atom is -0.390 e. The summed E-state index contributed by atoms with van der Waals surface area (Å²) in [5.74, 6) is 0. The summed E-state index contributed by atoms with van der Waals surface area (Å²) in [4.78, 5) is 5.44. The van der Waals surface area contributed by atoms with E-state index in [-0.39, 0.29) is 6.04 Å². The van der Waals surface area contributed by atoms with Crippen LogP contribution in [-0.4, -0.2) is 40.2 Å². The van der Waals surface area contributed by atoms with Crippen molar-refractivity contribution >= 4 is 22.5 Å². The number of hydrogen-bond acceptors (Lipinski definition) is 3. The van der Waals surface area contributed by atoms with Gasteiger partial charge in [-0.05, 0) is 6.07 Å². The van der Waals surface area contributed by atoms with Gasteiger partial charge in [0.05, 0.1) is 11.1 Å². The second-order valence-corrected chi connectivity index (χ2v) is 5.27. The Labute approximate surface area is 110 Å². The smallest absolute Gasteiger partial charge is 0.0830 e. The first-order valence-electron chi connectivity index (χ1n) is 6.06. The summed E-state index contributed by atoms with van der Waals surface area (Å²) < 4.78 is 0. The SMILES string of the molecule is N[C@H]1CN(Cc2[nH]c3ccccc3c2Cl)C[C@@H]1O. The third-order valence-electron chi connectivity index (χ3n) is 3.50. The van der Waals surface area contributed by atoms with Crippen LogP contribution in [0.1, 0.15) is 5.69 Å². The molecule has 1 fully saturated rings. The highest BCUT2D eigenvalue weighted by molar-refractivity contribution is 6.36. The Morgan fingerprint density at radius 2 is 2.17 bits per heavy atom. The van der Waals surface area contributed by atoms with Crippen molar-refractivity contribution in [2.24, 2.45) is 5.73 Å². The molecule has 3 rings (SSSR count). The molecular formula is C13H16ClN3O. The number of halogens is 1. The number of rotatable bonds is 2. The van der Waals surface area contributed by atoms with Crippen LogP contribution in [0.5, 0.6) is 0 Å². The zero-order valence-corrected chi connectivity index (χ0v) is 10.7. The number of benzene rings is 1. The van der Waals surface area contributed by atoms with Gasteiger partial charge in [0.2, 0.25) is 0 Å². The summed E-state index contributed by atoms with van der Waals surface area (Å²) in [7, 11) is 0. The molecule has 1 aliphatic rings. The molecule has 0 unspecified atom stereocenters. The van der Waals surface area contributed by atoms with Crippen molar-refractivity contribution in [1.82, 2.24) is 9.88 Å². The lowest BCUT2D eigenvalue weighted by Crippen LogP contribution is -2.32. The van der Waals surface area contributed by atoms with E-state index in [4.69, 9.17) is 17.3 Å². The quantitative estimate of drug-likeness (QED) is 0.767. The molecule has 2 aromatic rings. The Hall–Kier alpha value is -1.07. The van der Waals surface area contributed by atoms with Crippen LogP contribution in [0.15, 0.2) is 24.3 Å². The molecule has 0 spiro atoms. The molecule has 96 valence electrons. The summed E-state index contributed by atoms with van der Waals surface area (Å²) in [6.45, 7) is 2.00. The summed E-state index contributed by atoms with van der Waals surface area (Å²) in [5.41, 5.74) is 7.83. The largest absolute Gasteiger partial charge is 0.390 e. The lowest BCUT2D eigenvalue weighted by Gasteiger charge is -2.13. The number of β-amino-alcohol motifs (C(OH)–C–C–N with tert-alkyl or cyclic N) is 1. The summed E-state index contributed by atoms with van der Waals surface area (Å²) in [6.07, 6.45) is -0.437. The number of hydrogen-bond donors (Lipinski definition) is 3. The molecule has 4 N–H and O–H groups in total. The van der Waals surface area contributed by atoms with E-state index >= 15 is 0 Å². The van der Waals surface area contributed by atoms with Crippen molar-refractivity contribution in [2.75, 3.05) is 13.1 Å². The molecule has 2 atom stereocenters. The lowest BCUT2D eigenvalue weighted by molar-refractivity contribution is 0.164. The molecular weight excluding hydrogens is 250 g/mol. The van der Waals surface area contributed by atoms with Crippen LogP contribution in [0, 0.1) is 0 Å². The molecule has 1 aromatic heterocycles. The van der Waals surface area contributed by atoms with E-state index in [1.807, 2.05) is 24.3 Å². The standard InChI is InChI=1S/C13H16ClN3O/c14-13-8-3-1-2-4-10(8)16-11(13)6-17-5-9(15)12(18)7-17/h1-4,9,12,16,18H,5-7,15H2/t9-,12-/m0/s1. The predicted molar refractivity (Wildman–Crippen MR) is 72.6 cm³/mol. The van der Waals surface area contributed by atoms with E-state index in [2.05, 4.69) is 9.88 Å². The first-order chi connectivity index (χ1) is 8.65. The van der Waals surface area contributed by atoms with Gasteiger partial charge in [-0.2, -0.15) is 0 Å². The van der Waals surface area contributed by atoms with Gasteiger partial charge in [0.1, 0.15) is 0 Å². The minimum absolute atomic E-state index is 0.159. The maximum Gasteiger partial charge on any atom is 0.0830 e. The van der Waals surface area contributed by atoms with Gasteiger partial charge in [-0.25, -0.2) is 0 Å². The second kappa shape index (κ2) is 4.55. The van der Waals surface area contributed by atoms with Gasteiger partial charge in [0, 0.05) is 42.3 Å². The molecule has 0 saturated carbocycles. The van der Waals surface area contributed by atoms with E-state index in [9.17, 15) is 5.11 Å². The third kappa shape index (κ3) is 2.01. The first-order valence-corrected chi connectivity index (χ1v) is 6.44. The van der Waals surface area contributed by atoms with Gasteiger partial charge in [0.25, 0.3) is 0 Å². The minimum atomic E-state index is -0.437. The first kappa shape index (κ1) is 12.0. The number of nitrogens with one attached hydrogen (secondary N) is 1. The monoisotopic (exact) mass is 265 g/mol. The van der Waals surface area contributed by atoms with E-state index in [1.54, 1.807) is 0 Å². The molecule has 0 amide bonds. The van der Waals surface area contributed by atoms with E-state index in [1.165, 1.54) is 0 Å². The number of aliphatic hydroxyl groups excluding tert-OH is 1. The Morgan fingerprint density at radius 3 is 2.83 bits per heavy atom. The molecule has 18 heavy (non-hydrogen) atoms. The Bertz CT molecular complexity index is 558. The normalized spacial score (nSPS) is 25.1. The molecule has 1 aromatic carbocycles. The van der Waals surface area contributed by atoms with Gasteiger partial charge in [-0.3, -0.25) is 4.90 Å². The van der Waals surface area contributed by atoms with Gasteiger partial charge in [-0.1, -0.05) is 29.8 Å². The van der Waals surface area contributed by atoms with Crippen molar-refractivity contribution in [2.45, 2.75) is 18.7 Å². The van der Waals surface area contributed by atoms with Gasteiger partial charge in [0.15, 0.2) is 0 Å². The summed E-state index contributed by atoms with van der Waals surface area (Å²) >= 11 is 6.36. The van der Waals surface area contributed by atoms with Crippen molar-refractivity contribution < 1.29 is 5.11 Å². The number of fused-ring (bicyclic) bond motifs is 1. The van der Waals surface area contributed by atoms with Crippen LogP contribution < -0.4 is 5.73 Å². The van der Waals surface area contributed by atoms with Gasteiger partial charge >= 0.3 is 0 Å². The number of aromatic amines is 1. The molecule has 1 aliphatic heterocycles. The zero-order chi connectivity index (χ0) is 12.7. The molecule has 4 nitrogen and oxygen atoms in total. The van der Waals surface area contributed by atoms with Crippen molar-refractivity contribution in [3.05, 3.63) is 35.0 Å². The maximum atomic E-state index is 9.65. The highest BCUT2D eigenvalue weighted by Gasteiger charge is 2.28. The lowest BCUT2D eigenvalue weighted by atomic mass is 10.2. The molecule has 1 saturated heterocycles. The fraction of sp³-hybridized carbons (Fsp3) is 0.385. The van der Waals surface area contributed by atoms with Crippen molar-refractivity contribution in [3.8, 4) is 0 Å². The average molecular weight is 266 g/mol. The Morgan fingerprint density at radius 1 is 1.39 bits per heavy atom. The van der Waals surface area contributed by atoms with Crippen LogP contribution in [0.3, 0.4) is 0 Å². The van der Waals surface area contributed by atoms with Crippen LogP contribution in [0.25, 0.3) is 10.9 Å². The fourth-order valence-electron chi connectivity index (χ4n) is 2.52. The fourth-order valence-corrected chi connectivity index (χ4v) is 2.79. The second-order valence-electron chi connectivity index (χ2n) is 4.89. The number of para-hydroxylation sites is 1. The van der Waals surface area contributed by atoms with E-state index < -0.39 is 6.10 Å². The number of nitrogens with zero attached hydrogens (tertiary/aromatic N) is 1. The van der Waals surface area contributed by atoms with Crippen molar-refractivity contribution in [3.63, 3.8) is 0 Å². The summed E-state index contributed by atoms with van der Waals surface area (Å²) in [5, 5.41) is 11.4. The average Bonchev–Trinajstić information content (AvgIpc) is 2.83. The van der Waals surface area contributed by atoms with E-state index in [0.29, 0.717) is 19.6 Å². The number of aliphatic hydroxyl groups is 1. The molecule has 5 heteroatoms. The Kier molecular flexibility index (Phi) is 3.03. The number of nitrogens with two attached hydrogens (primary N) is 1. The highest BCUT2D eigenvalue weighted by atomic mass is 35.5. The molecule has 2 heterocycles. The highest BCUT2D eigenvalue weighted by Crippen LogP contribution is 2.28. The maximum absolute atomic E-state index is 9.65. The number of likely N-dealkylation sites (tertiary alicyclic amines) is 1. The zero-order valence-electron chi connectivity index (χ0n) is 9.94. The number of aromatic nitrogens is 1. The van der Waals surface area contributed by atoms with Crippen LogP contribution >= 0.6 is 11.6 Å². The third-order valence-corrected chi connectivity index (χ3v) is 3.94. The van der Waals surface area contributed by atoms with Crippen molar-refractivity contribution in [1.29, 1.82) is 0 Å². The molecule has 0 bridgehead atoms. The predicted octanol–water partition coefficient (Wildman–Crippen LogP) is 1.33. The van der Waals surface area contributed by atoms with Crippen LogP contribution in [0.4, 0.5) is 0 Å². The van der Waals surface area contributed by atoms with Crippen LogP contribution in [-0.2, 0) is 6.54 Å². The van der Waals surface area contributed by atoms with Gasteiger partial charge < -0.3 is 15.8 Å². The molecule has 0 aliphatic carbocycles. The van der Waals surface area contributed by atoms with Gasteiger partial charge in [-0.15, -0.1) is 0 Å². The Balaban J connectivity index is 1.85. The number of H-pyrrole nitrogens is 1. The molecule has 0 radical (unpaired) electrons. The summed E-state index contributed by atoms with van der Waals surface area (Å²) in [6, 6.07) is 7.81. The van der Waals surface area contributed by atoms with E-state index in [0.717, 1.165) is 21.6 Å².